The van der Waals surface area contributed by atoms with Crippen molar-refractivity contribution in [3.05, 3.63) is 29.8 Å². The van der Waals surface area contributed by atoms with Gasteiger partial charge in [0, 0.05) is 38.4 Å². The van der Waals surface area contributed by atoms with Crippen molar-refractivity contribution in [1.82, 2.24) is 15.1 Å². The Hall–Kier alpha value is -2.71. The quantitative estimate of drug-likeness (QED) is 0.862. The van der Waals surface area contributed by atoms with Gasteiger partial charge in [-0.1, -0.05) is 0 Å². The van der Waals surface area contributed by atoms with Gasteiger partial charge in [0.15, 0.2) is 11.6 Å². The summed E-state index contributed by atoms with van der Waals surface area (Å²) in [6, 6.07) is 2.29. The summed E-state index contributed by atoms with van der Waals surface area (Å²) in [6.45, 7) is 0.899. The molecule has 7 nitrogen and oxygen atoms in total. The Bertz CT molecular complexity index is 743. The van der Waals surface area contributed by atoms with E-state index in [1.165, 1.54) is 27.8 Å². The molecule has 3 rings (SSSR count). The van der Waals surface area contributed by atoms with Crippen LogP contribution in [0.5, 0.6) is 0 Å². The Kier molecular flexibility index (Phi) is 5.06. The summed E-state index contributed by atoms with van der Waals surface area (Å²) < 4.78 is 26.5. The van der Waals surface area contributed by atoms with Gasteiger partial charge >= 0.3 is 6.03 Å². The molecule has 2 heterocycles. The third-order valence-corrected chi connectivity index (χ3v) is 4.76. The van der Waals surface area contributed by atoms with Gasteiger partial charge in [-0.3, -0.25) is 14.5 Å². The van der Waals surface area contributed by atoms with Gasteiger partial charge in [0.1, 0.15) is 12.6 Å². The zero-order valence-corrected chi connectivity index (χ0v) is 14.4. The molecular weight excluding hydrogens is 346 g/mol. The first-order valence-corrected chi connectivity index (χ1v) is 8.45. The maximum Gasteiger partial charge on any atom is 0.325 e. The van der Waals surface area contributed by atoms with E-state index in [0.717, 1.165) is 18.6 Å². The van der Waals surface area contributed by atoms with Crippen LogP contribution in [0.2, 0.25) is 0 Å². The number of amides is 4. The normalized spacial score (nSPS) is 20.0. The molecule has 1 unspecified atom stereocenters. The zero-order chi connectivity index (χ0) is 18.8. The first kappa shape index (κ1) is 18.1. The Labute approximate surface area is 149 Å². The number of hydrogen-bond donors (Lipinski definition) is 1. The number of halogens is 2. The number of carbonyl (C=O) groups excluding carboxylic acids is 3. The summed E-state index contributed by atoms with van der Waals surface area (Å²) >= 11 is 0. The highest BCUT2D eigenvalue weighted by Crippen LogP contribution is 2.23. The number of nitrogens with one attached hydrogen (secondary N) is 1. The highest BCUT2D eigenvalue weighted by Gasteiger charge is 2.37. The van der Waals surface area contributed by atoms with E-state index in [-0.39, 0.29) is 30.6 Å². The number of likely N-dealkylation sites (N-methyl/N-ethyl adjacent to an activating group) is 1. The minimum Gasteiger partial charge on any atom is -0.357 e. The number of anilines is 1. The number of carbonyl (C=O) groups is 3. The molecular formula is C17H20F2N4O3. The SMILES string of the molecule is CNC(=O)C1CCCN1C(=O)CN1CCN(c2ccc(F)c(F)c2)C1=O. The molecule has 1 atom stereocenters. The lowest BCUT2D eigenvalue weighted by Gasteiger charge is -2.26. The Balaban J connectivity index is 1.66. The molecule has 0 saturated carbocycles. The van der Waals surface area contributed by atoms with Gasteiger partial charge in [-0.25, -0.2) is 13.6 Å². The van der Waals surface area contributed by atoms with Crippen LogP contribution in [0, 0.1) is 11.6 Å². The lowest BCUT2D eigenvalue weighted by Crippen LogP contribution is -2.48. The van der Waals surface area contributed by atoms with Crippen LogP contribution in [-0.2, 0) is 9.59 Å². The molecule has 0 spiro atoms. The van der Waals surface area contributed by atoms with Gasteiger partial charge in [0.2, 0.25) is 11.8 Å². The van der Waals surface area contributed by atoms with Gasteiger partial charge < -0.3 is 15.1 Å². The summed E-state index contributed by atoms with van der Waals surface area (Å²) in [5.41, 5.74) is 0.244. The molecule has 26 heavy (non-hydrogen) atoms. The topological polar surface area (TPSA) is 73.0 Å². The van der Waals surface area contributed by atoms with Crippen molar-refractivity contribution in [3.63, 3.8) is 0 Å². The van der Waals surface area contributed by atoms with E-state index >= 15 is 0 Å². The molecule has 2 aliphatic heterocycles. The first-order valence-electron chi connectivity index (χ1n) is 8.45. The Morgan fingerprint density at radius 1 is 1.19 bits per heavy atom. The van der Waals surface area contributed by atoms with Crippen LogP contribution in [0.3, 0.4) is 0 Å². The van der Waals surface area contributed by atoms with Crippen LogP contribution >= 0.6 is 0 Å². The van der Waals surface area contributed by atoms with Crippen LogP contribution in [-0.4, -0.2) is 66.9 Å². The Morgan fingerprint density at radius 2 is 1.96 bits per heavy atom. The largest absolute Gasteiger partial charge is 0.357 e. The van der Waals surface area contributed by atoms with E-state index in [4.69, 9.17) is 0 Å². The Morgan fingerprint density at radius 3 is 2.65 bits per heavy atom. The molecule has 2 saturated heterocycles. The minimum absolute atomic E-state index is 0.146. The van der Waals surface area contributed by atoms with Crippen LogP contribution < -0.4 is 10.2 Å². The number of hydrogen-bond acceptors (Lipinski definition) is 3. The fourth-order valence-corrected chi connectivity index (χ4v) is 3.38. The fourth-order valence-electron chi connectivity index (χ4n) is 3.38. The summed E-state index contributed by atoms with van der Waals surface area (Å²) in [5.74, 6) is -2.53. The van der Waals surface area contributed by atoms with Crippen molar-refractivity contribution in [2.75, 3.05) is 38.1 Å². The molecule has 140 valence electrons. The maximum absolute atomic E-state index is 13.4. The molecule has 2 aliphatic rings. The number of nitrogens with zero attached hydrogens (tertiary/aromatic N) is 3. The fraction of sp³-hybridized carbons (Fsp3) is 0.471. The number of urea groups is 1. The highest BCUT2D eigenvalue weighted by molar-refractivity contribution is 5.97. The smallest absolute Gasteiger partial charge is 0.325 e. The van der Waals surface area contributed by atoms with E-state index in [9.17, 15) is 23.2 Å². The average molecular weight is 366 g/mol. The van der Waals surface area contributed by atoms with Crippen LogP contribution in [0.4, 0.5) is 19.3 Å². The molecule has 1 aromatic rings. The predicted molar refractivity (Wildman–Crippen MR) is 89.5 cm³/mol. The van der Waals surface area contributed by atoms with E-state index in [1.807, 2.05) is 0 Å². The molecule has 0 aliphatic carbocycles. The molecule has 0 radical (unpaired) electrons. The third-order valence-electron chi connectivity index (χ3n) is 4.76. The number of rotatable bonds is 4. The zero-order valence-electron chi connectivity index (χ0n) is 14.4. The van der Waals surface area contributed by atoms with Crippen molar-refractivity contribution in [2.45, 2.75) is 18.9 Å². The van der Waals surface area contributed by atoms with Crippen molar-refractivity contribution in [2.24, 2.45) is 0 Å². The van der Waals surface area contributed by atoms with E-state index in [2.05, 4.69) is 5.32 Å². The van der Waals surface area contributed by atoms with E-state index in [1.54, 1.807) is 0 Å². The molecule has 1 aromatic carbocycles. The molecule has 2 fully saturated rings. The first-order chi connectivity index (χ1) is 12.4. The highest BCUT2D eigenvalue weighted by atomic mass is 19.2. The second kappa shape index (κ2) is 7.27. The summed E-state index contributed by atoms with van der Waals surface area (Å²) in [7, 11) is 1.52. The second-order valence-corrected chi connectivity index (χ2v) is 6.31. The van der Waals surface area contributed by atoms with E-state index < -0.39 is 23.7 Å². The number of likely N-dealkylation sites (tertiary alicyclic amines) is 1. The standard InChI is InChI=1S/C17H20F2N4O3/c1-20-16(25)14-3-2-6-23(14)15(24)10-21-7-8-22(17(21)26)11-4-5-12(18)13(19)9-11/h4-5,9,14H,2-3,6-8,10H2,1H3,(H,20,25). The average Bonchev–Trinajstić information content (AvgIpc) is 3.24. The van der Waals surface area contributed by atoms with Crippen LogP contribution in [0.15, 0.2) is 18.2 Å². The molecule has 0 aromatic heterocycles. The van der Waals surface area contributed by atoms with Crippen LogP contribution in [0.1, 0.15) is 12.8 Å². The van der Waals surface area contributed by atoms with Gasteiger partial charge in [-0.2, -0.15) is 0 Å². The lowest BCUT2D eigenvalue weighted by atomic mass is 10.2. The second-order valence-electron chi connectivity index (χ2n) is 6.31. The third kappa shape index (κ3) is 3.33. The maximum atomic E-state index is 13.4. The minimum atomic E-state index is -1.03. The van der Waals surface area contributed by atoms with Gasteiger partial charge in [0.25, 0.3) is 0 Å². The van der Waals surface area contributed by atoms with Gasteiger partial charge in [-0.15, -0.1) is 0 Å². The van der Waals surface area contributed by atoms with Gasteiger partial charge in [0.05, 0.1) is 0 Å². The molecule has 9 heteroatoms. The van der Waals surface area contributed by atoms with Crippen LogP contribution in [0.25, 0.3) is 0 Å². The number of benzene rings is 1. The summed E-state index contributed by atoms with van der Waals surface area (Å²) in [4.78, 5) is 41.1. The molecule has 0 bridgehead atoms. The van der Waals surface area contributed by atoms with Crippen molar-refractivity contribution in [1.29, 1.82) is 0 Å². The van der Waals surface area contributed by atoms with Crippen molar-refractivity contribution in [3.8, 4) is 0 Å². The predicted octanol–water partition coefficient (Wildman–Crippen LogP) is 0.944. The van der Waals surface area contributed by atoms with Gasteiger partial charge in [-0.05, 0) is 25.0 Å². The monoisotopic (exact) mass is 366 g/mol. The molecule has 1 N–H and O–H groups in total. The van der Waals surface area contributed by atoms with Crippen molar-refractivity contribution < 1.29 is 23.2 Å². The lowest BCUT2D eigenvalue weighted by molar-refractivity contribution is -0.138. The molecule has 4 amide bonds. The summed E-state index contributed by atoms with van der Waals surface area (Å²) in [6.07, 6.45) is 1.33. The van der Waals surface area contributed by atoms with Crippen molar-refractivity contribution >= 4 is 23.5 Å². The van der Waals surface area contributed by atoms with E-state index in [0.29, 0.717) is 19.5 Å². The summed E-state index contributed by atoms with van der Waals surface area (Å²) in [5, 5.41) is 2.54.